The Kier molecular flexibility index (Phi) is 4.58. The molecular weight excluding hydrogens is 317 g/mol. The van der Waals surface area contributed by atoms with Gasteiger partial charge >= 0.3 is 6.01 Å². The lowest BCUT2D eigenvalue weighted by Gasteiger charge is -2.07. The number of amides is 1. The zero-order valence-corrected chi connectivity index (χ0v) is 12.7. The highest BCUT2D eigenvalue weighted by atomic mass is 32.1. The number of nitrogens with zero attached hydrogens (tertiary/aromatic N) is 2. The predicted octanol–water partition coefficient (Wildman–Crippen LogP) is 3.51. The summed E-state index contributed by atoms with van der Waals surface area (Å²) in [5, 5.41) is 4.34. The smallest absolute Gasteiger partial charge is 0.318 e. The van der Waals surface area contributed by atoms with Gasteiger partial charge in [-0.05, 0) is 23.6 Å². The number of thiophene rings is 1. The number of carbonyl (C=O) groups excluding carboxylic acids is 1. The molecule has 0 unspecified atom stereocenters. The topological polar surface area (TPSA) is 64.1 Å². The first-order valence-electron chi connectivity index (χ1n) is 6.76. The van der Waals surface area contributed by atoms with Gasteiger partial charge in [-0.3, -0.25) is 4.79 Å². The highest BCUT2D eigenvalue weighted by molar-refractivity contribution is 7.09. The fraction of sp³-hybridized carbons (Fsp3) is 0.0625. The maximum atomic E-state index is 13.8. The van der Waals surface area contributed by atoms with Gasteiger partial charge in [0.15, 0.2) is 11.6 Å². The third kappa shape index (κ3) is 3.89. The molecule has 0 fully saturated rings. The normalized spacial score (nSPS) is 10.3. The first-order valence-corrected chi connectivity index (χ1v) is 7.64. The number of aromatic nitrogens is 2. The SMILES string of the molecule is O=C(Nc1nc(OCc2cccs2)ncc1F)c1ccccc1. The number of rotatable bonds is 5. The molecule has 116 valence electrons. The van der Waals surface area contributed by atoms with Crippen molar-refractivity contribution >= 4 is 23.1 Å². The summed E-state index contributed by atoms with van der Waals surface area (Å²) in [7, 11) is 0. The number of ether oxygens (including phenoxy) is 1. The van der Waals surface area contributed by atoms with Crippen molar-refractivity contribution in [1.82, 2.24) is 9.97 Å². The van der Waals surface area contributed by atoms with E-state index in [0.29, 0.717) is 5.56 Å². The van der Waals surface area contributed by atoms with E-state index in [0.717, 1.165) is 11.1 Å². The summed E-state index contributed by atoms with van der Waals surface area (Å²) in [5.74, 6) is -1.39. The first kappa shape index (κ1) is 15.1. The molecule has 0 aliphatic carbocycles. The standard InChI is InChI=1S/C16H12FN3O2S/c17-13-9-18-16(22-10-12-7-4-8-23-12)20-14(13)19-15(21)11-5-2-1-3-6-11/h1-9H,10H2,(H,18,19,20,21). The number of halogens is 1. The highest BCUT2D eigenvalue weighted by Gasteiger charge is 2.12. The quantitative estimate of drug-likeness (QED) is 0.778. The van der Waals surface area contributed by atoms with Gasteiger partial charge < -0.3 is 10.1 Å². The molecule has 1 aromatic carbocycles. The van der Waals surface area contributed by atoms with Crippen LogP contribution in [0, 0.1) is 5.82 Å². The van der Waals surface area contributed by atoms with E-state index in [-0.39, 0.29) is 18.4 Å². The Bertz CT molecular complexity index is 794. The lowest BCUT2D eigenvalue weighted by molar-refractivity contribution is 0.102. The molecule has 0 aliphatic heterocycles. The first-order chi connectivity index (χ1) is 11.2. The summed E-state index contributed by atoms with van der Waals surface area (Å²) in [6.07, 6.45) is 0.970. The van der Waals surface area contributed by atoms with Gasteiger partial charge in [-0.25, -0.2) is 9.37 Å². The molecule has 3 aromatic rings. The van der Waals surface area contributed by atoms with Crippen LogP contribution in [0.3, 0.4) is 0 Å². The second-order valence-electron chi connectivity index (χ2n) is 4.54. The van der Waals surface area contributed by atoms with Crippen LogP contribution >= 0.6 is 11.3 Å². The van der Waals surface area contributed by atoms with Crippen LogP contribution in [0.2, 0.25) is 0 Å². The summed E-state index contributed by atoms with van der Waals surface area (Å²) in [4.78, 5) is 20.7. The lowest BCUT2D eigenvalue weighted by Crippen LogP contribution is -2.15. The summed E-state index contributed by atoms with van der Waals surface area (Å²) >= 11 is 1.53. The minimum Gasteiger partial charge on any atom is -0.458 e. The van der Waals surface area contributed by atoms with Crippen molar-refractivity contribution in [3.05, 3.63) is 70.3 Å². The van der Waals surface area contributed by atoms with Crippen molar-refractivity contribution < 1.29 is 13.9 Å². The summed E-state index contributed by atoms with van der Waals surface area (Å²) < 4.78 is 19.2. The molecule has 23 heavy (non-hydrogen) atoms. The molecular formula is C16H12FN3O2S. The number of benzene rings is 1. The van der Waals surface area contributed by atoms with Crippen LogP contribution in [0.15, 0.2) is 54.0 Å². The number of nitrogens with one attached hydrogen (secondary N) is 1. The van der Waals surface area contributed by atoms with E-state index in [1.54, 1.807) is 30.3 Å². The van der Waals surface area contributed by atoms with Crippen LogP contribution in [0.1, 0.15) is 15.2 Å². The molecule has 1 amide bonds. The fourth-order valence-electron chi connectivity index (χ4n) is 1.81. The number of anilines is 1. The Morgan fingerprint density at radius 3 is 2.78 bits per heavy atom. The van der Waals surface area contributed by atoms with Crippen molar-refractivity contribution in [3.63, 3.8) is 0 Å². The van der Waals surface area contributed by atoms with Crippen molar-refractivity contribution in [3.8, 4) is 6.01 Å². The predicted molar refractivity (Wildman–Crippen MR) is 85.0 cm³/mol. The maximum Gasteiger partial charge on any atom is 0.318 e. The van der Waals surface area contributed by atoms with Gasteiger partial charge in [0.1, 0.15) is 6.61 Å². The third-order valence-corrected chi connectivity index (χ3v) is 3.76. The minimum absolute atomic E-state index is 0.00293. The third-order valence-electron chi connectivity index (χ3n) is 2.91. The van der Waals surface area contributed by atoms with Crippen molar-refractivity contribution in [2.24, 2.45) is 0 Å². The van der Waals surface area contributed by atoms with Crippen LogP contribution in [0.5, 0.6) is 6.01 Å². The van der Waals surface area contributed by atoms with E-state index in [4.69, 9.17) is 4.74 Å². The Balaban J connectivity index is 1.71. The molecule has 0 saturated carbocycles. The average Bonchev–Trinajstić information content (AvgIpc) is 3.10. The molecule has 0 saturated heterocycles. The maximum absolute atomic E-state index is 13.8. The molecule has 7 heteroatoms. The lowest BCUT2D eigenvalue weighted by atomic mass is 10.2. The molecule has 2 aromatic heterocycles. The zero-order valence-electron chi connectivity index (χ0n) is 11.9. The minimum atomic E-state index is -0.724. The molecule has 0 bridgehead atoms. The molecule has 1 N–H and O–H groups in total. The Labute approximate surface area is 135 Å². The second kappa shape index (κ2) is 6.97. The molecule has 3 rings (SSSR count). The zero-order chi connectivity index (χ0) is 16.1. The summed E-state index contributed by atoms with van der Waals surface area (Å²) in [6, 6.07) is 12.3. The highest BCUT2D eigenvalue weighted by Crippen LogP contribution is 2.16. The average molecular weight is 329 g/mol. The van der Waals surface area contributed by atoms with E-state index in [1.807, 2.05) is 17.5 Å². The number of hydrogen-bond donors (Lipinski definition) is 1. The molecule has 2 heterocycles. The monoisotopic (exact) mass is 329 g/mol. The Morgan fingerprint density at radius 2 is 2.04 bits per heavy atom. The molecule has 0 radical (unpaired) electrons. The number of hydrogen-bond acceptors (Lipinski definition) is 5. The van der Waals surface area contributed by atoms with E-state index in [2.05, 4.69) is 15.3 Å². The van der Waals surface area contributed by atoms with E-state index in [9.17, 15) is 9.18 Å². The number of carbonyl (C=O) groups is 1. The van der Waals surface area contributed by atoms with Crippen molar-refractivity contribution in [2.45, 2.75) is 6.61 Å². The molecule has 0 spiro atoms. The molecule has 0 aliphatic rings. The van der Waals surface area contributed by atoms with Crippen LogP contribution in [-0.2, 0) is 6.61 Å². The fourth-order valence-corrected chi connectivity index (χ4v) is 2.42. The van der Waals surface area contributed by atoms with Crippen LogP contribution in [0.25, 0.3) is 0 Å². The second-order valence-corrected chi connectivity index (χ2v) is 5.57. The van der Waals surface area contributed by atoms with Gasteiger partial charge in [0, 0.05) is 10.4 Å². The van der Waals surface area contributed by atoms with Gasteiger partial charge in [0.2, 0.25) is 0 Å². The Hall–Kier alpha value is -2.80. The van der Waals surface area contributed by atoms with Gasteiger partial charge in [-0.1, -0.05) is 24.3 Å². The van der Waals surface area contributed by atoms with Crippen molar-refractivity contribution in [1.29, 1.82) is 0 Å². The largest absolute Gasteiger partial charge is 0.458 e. The van der Waals surface area contributed by atoms with E-state index >= 15 is 0 Å². The van der Waals surface area contributed by atoms with Gasteiger partial charge in [0.25, 0.3) is 5.91 Å². The molecule has 0 atom stereocenters. The van der Waals surface area contributed by atoms with Gasteiger partial charge in [-0.15, -0.1) is 11.3 Å². The molecule has 5 nitrogen and oxygen atoms in total. The van der Waals surface area contributed by atoms with Crippen LogP contribution < -0.4 is 10.1 Å². The van der Waals surface area contributed by atoms with Gasteiger partial charge in [-0.2, -0.15) is 4.98 Å². The van der Waals surface area contributed by atoms with Crippen LogP contribution in [-0.4, -0.2) is 15.9 Å². The van der Waals surface area contributed by atoms with E-state index < -0.39 is 11.7 Å². The van der Waals surface area contributed by atoms with Crippen LogP contribution in [0.4, 0.5) is 10.2 Å². The Morgan fingerprint density at radius 1 is 1.22 bits per heavy atom. The summed E-state index contributed by atoms with van der Waals surface area (Å²) in [5.41, 5.74) is 0.409. The van der Waals surface area contributed by atoms with Gasteiger partial charge in [0.05, 0.1) is 6.20 Å². The summed E-state index contributed by atoms with van der Waals surface area (Å²) in [6.45, 7) is 0.287. The van der Waals surface area contributed by atoms with E-state index in [1.165, 1.54) is 11.3 Å². The van der Waals surface area contributed by atoms with Crippen molar-refractivity contribution in [2.75, 3.05) is 5.32 Å².